The average Bonchev–Trinajstić information content (AvgIpc) is 3.21. The summed E-state index contributed by atoms with van der Waals surface area (Å²) in [4.78, 5) is 20.9. The lowest BCUT2D eigenvalue weighted by Crippen LogP contribution is -2.40. The highest BCUT2D eigenvalue weighted by molar-refractivity contribution is 5.82. The number of benzene rings is 1. The summed E-state index contributed by atoms with van der Waals surface area (Å²) in [7, 11) is 5.38. The summed E-state index contributed by atoms with van der Waals surface area (Å²) in [6.07, 6.45) is 2.18. The molecule has 2 saturated heterocycles. The molecule has 0 spiro atoms. The molecule has 1 aromatic rings. The maximum Gasteiger partial charge on any atom is 0.310 e. The molecule has 2 unspecified atom stereocenters. The minimum Gasteiger partial charge on any atom is -0.492 e. The lowest BCUT2D eigenvalue weighted by atomic mass is 9.99. The van der Waals surface area contributed by atoms with Crippen molar-refractivity contribution >= 4 is 11.9 Å². The van der Waals surface area contributed by atoms with E-state index in [-0.39, 0.29) is 17.8 Å². The summed E-state index contributed by atoms with van der Waals surface area (Å²) in [5.41, 5.74) is 1.12. The summed E-state index contributed by atoms with van der Waals surface area (Å²) in [6, 6.07) is 8.74. The van der Waals surface area contributed by atoms with Gasteiger partial charge in [-0.05, 0) is 43.5 Å². The van der Waals surface area contributed by atoms with Gasteiger partial charge >= 0.3 is 5.97 Å². The molecule has 2 heterocycles. The molecule has 2 atom stereocenters. The molecule has 8 heteroatoms. The zero-order chi connectivity index (χ0) is 22.9. The van der Waals surface area contributed by atoms with E-state index in [1.807, 2.05) is 12.1 Å². The number of methoxy groups -OCH3 is 1. The van der Waals surface area contributed by atoms with E-state index in [2.05, 4.69) is 46.2 Å². The first-order valence-electron chi connectivity index (χ1n) is 11.5. The van der Waals surface area contributed by atoms with Gasteiger partial charge in [-0.15, -0.1) is 0 Å². The molecule has 0 saturated carbocycles. The van der Waals surface area contributed by atoms with Crippen molar-refractivity contribution < 1.29 is 19.0 Å². The van der Waals surface area contributed by atoms with Gasteiger partial charge in [0.05, 0.1) is 13.0 Å². The van der Waals surface area contributed by atoms with Crippen molar-refractivity contribution in [2.24, 2.45) is 16.8 Å². The molecule has 0 bridgehead atoms. The fraction of sp³-hybridized carbons (Fsp3) is 0.667. The minimum absolute atomic E-state index is 0.116. The van der Waals surface area contributed by atoms with E-state index in [0.29, 0.717) is 25.7 Å². The number of guanidine groups is 1. The number of rotatable bonds is 8. The normalized spacial score (nSPS) is 22.3. The van der Waals surface area contributed by atoms with E-state index < -0.39 is 0 Å². The third-order valence-electron chi connectivity index (χ3n) is 6.50. The molecule has 32 heavy (non-hydrogen) atoms. The first-order chi connectivity index (χ1) is 15.5. The van der Waals surface area contributed by atoms with Crippen molar-refractivity contribution in [1.82, 2.24) is 15.1 Å². The molecule has 2 aliphatic heterocycles. The number of nitrogens with zero attached hydrogens (tertiary/aromatic N) is 3. The summed E-state index contributed by atoms with van der Waals surface area (Å²) < 4.78 is 16.4. The van der Waals surface area contributed by atoms with Gasteiger partial charge in [0.2, 0.25) is 0 Å². The van der Waals surface area contributed by atoms with E-state index in [9.17, 15) is 4.79 Å². The van der Waals surface area contributed by atoms with Crippen molar-refractivity contribution in [3.8, 4) is 5.75 Å². The number of carbonyl (C=O) groups is 1. The van der Waals surface area contributed by atoms with E-state index >= 15 is 0 Å². The molecule has 1 N–H and O–H groups in total. The summed E-state index contributed by atoms with van der Waals surface area (Å²) in [5.74, 6) is 1.64. The average molecular weight is 447 g/mol. The zero-order valence-electron chi connectivity index (χ0n) is 19.9. The van der Waals surface area contributed by atoms with Crippen molar-refractivity contribution in [2.45, 2.75) is 32.4 Å². The van der Waals surface area contributed by atoms with Crippen LogP contribution in [0.3, 0.4) is 0 Å². The topological polar surface area (TPSA) is 75.6 Å². The predicted octanol–water partition coefficient (Wildman–Crippen LogP) is 1.99. The Labute approximate surface area is 191 Å². The number of hydrogen-bond acceptors (Lipinski definition) is 6. The number of nitrogens with one attached hydrogen (secondary N) is 1. The fourth-order valence-electron chi connectivity index (χ4n) is 4.47. The quantitative estimate of drug-likeness (QED) is 0.372. The van der Waals surface area contributed by atoms with Crippen LogP contribution in [0.4, 0.5) is 0 Å². The maximum absolute atomic E-state index is 12.0. The zero-order valence-corrected chi connectivity index (χ0v) is 19.9. The summed E-state index contributed by atoms with van der Waals surface area (Å²) >= 11 is 0. The second-order valence-corrected chi connectivity index (χ2v) is 8.73. The van der Waals surface area contributed by atoms with Crippen LogP contribution in [-0.2, 0) is 20.8 Å². The van der Waals surface area contributed by atoms with Gasteiger partial charge in [0.25, 0.3) is 0 Å². The minimum atomic E-state index is -0.150. The van der Waals surface area contributed by atoms with Crippen LogP contribution in [-0.4, -0.2) is 88.4 Å². The second-order valence-electron chi connectivity index (χ2n) is 8.73. The van der Waals surface area contributed by atoms with E-state index in [1.54, 1.807) is 7.05 Å². The number of likely N-dealkylation sites (N-methyl/N-ethyl adjacent to an activating group) is 1. The largest absolute Gasteiger partial charge is 0.492 e. The third-order valence-corrected chi connectivity index (χ3v) is 6.50. The standard InChI is InChI=1S/C24H38N4O4/c1-18-16-28(17-22(18)23(29)30-4)24(25-2)26-15-19-6-5-7-21(14-19)32-13-10-27(3)20-8-11-31-12-9-20/h5-7,14,18,20,22H,8-13,15-17H2,1-4H3,(H,25,26). The van der Waals surface area contributed by atoms with Crippen LogP contribution >= 0.6 is 0 Å². The Balaban J connectivity index is 1.46. The molecule has 0 amide bonds. The van der Waals surface area contributed by atoms with Crippen LogP contribution < -0.4 is 10.1 Å². The Bertz CT molecular complexity index is 766. The molecular weight excluding hydrogens is 408 g/mol. The van der Waals surface area contributed by atoms with Gasteiger partial charge in [0.15, 0.2) is 5.96 Å². The Morgan fingerprint density at radius 1 is 1.31 bits per heavy atom. The highest BCUT2D eigenvalue weighted by Gasteiger charge is 2.36. The monoisotopic (exact) mass is 446 g/mol. The predicted molar refractivity (Wildman–Crippen MR) is 125 cm³/mol. The lowest BCUT2D eigenvalue weighted by Gasteiger charge is -2.31. The molecule has 0 radical (unpaired) electrons. The van der Waals surface area contributed by atoms with Crippen molar-refractivity contribution in [2.75, 3.05) is 60.7 Å². The highest BCUT2D eigenvalue weighted by Crippen LogP contribution is 2.24. The number of ether oxygens (including phenoxy) is 3. The molecule has 0 aromatic heterocycles. The molecule has 8 nitrogen and oxygen atoms in total. The van der Waals surface area contributed by atoms with Crippen LogP contribution in [0, 0.1) is 11.8 Å². The Morgan fingerprint density at radius 2 is 2.09 bits per heavy atom. The SMILES string of the molecule is CN=C(NCc1cccc(OCCN(C)C2CCOCC2)c1)N1CC(C)C(C(=O)OC)C1. The molecular formula is C24H38N4O4. The van der Waals surface area contributed by atoms with E-state index in [0.717, 1.165) is 56.4 Å². The molecule has 0 aliphatic carbocycles. The second kappa shape index (κ2) is 12.1. The van der Waals surface area contributed by atoms with Gasteiger partial charge in [-0.2, -0.15) is 0 Å². The van der Waals surface area contributed by atoms with Gasteiger partial charge in [-0.3, -0.25) is 14.7 Å². The first kappa shape index (κ1) is 24.3. The van der Waals surface area contributed by atoms with Crippen molar-refractivity contribution in [1.29, 1.82) is 0 Å². The van der Waals surface area contributed by atoms with Gasteiger partial charge in [-0.25, -0.2) is 0 Å². The smallest absolute Gasteiger partial charge is 0.310 e. The van der Waals surface area contributed by atoms with Crippen LogP contribution in [0.2, 0.25) is 0 Å². The fourth-order valence-corrected chi connectivity index (χ4v) is 4.47. The molecule has 1 aromatic carbocycles. The van der Waals surface area contributed by atoms with Crippen LogP contribution in [0.5, 0.6) is 5.75 Å². The maximum atomic E-state index is 12.0. The first-order valence-corrected chi connectivity index (χ1v) is 11.5. The number of esters is 1. The Kier molecular flexibility index (Phi) is 9.17. The summed E-state index contributed by atoms with van der Waals surface area (Å²) in [6.45, 7) is 7.39. The Morgan fingerprint density at radius 3 is 2.81 bits per heavy atom. The summed E-state index contributed by atoms with van der Waals surface area (Å²) in [5, 5.41) is 3.42. The Hall–Kier alpha value is -2.32. The van der Waals surface area contributed by atoms with Gasteiger partial charge in [0.1, 0.15) is 12.4 Å². The van der Waals surface area contributed by atoms with E-state index in [4.69, 9.17) is 14.2 Å². The number of carbonyl (C=O) groups excluding carboxylic acids is 1. The van der Waals surface area contributed by atoms with Gasteiger partial charge in [-0.1, -0.05) is 19.1 Å². The molecule has 2 fully saturated rings. The highest BCUT2D eigenvalue weighted by atomic mass is 16.5. The van der Waals surface area contributed by atoms with E-state index in [1.165, 1.54) is 7.11 Å². The van der Waals surface area contributed by atoms with Crippen LogP contribution in [0.15, 0.2) is 29.3 Å². The lowest BCUT2D eigenvalue weighted by molar-refractivity contribution is -0.145. The molecule has 3 rings (SSSR count). The third kappa shape index (κ3) is 6.59. The van der Waals surface area contributed by atoms with Gasteiger partial charge < -0.3 is 24.4 Å². The van der Waals surface area contributed by atoms with Gasteiger partial charge in [0, 0.05) is 52.5 Å². The van der Waals surface area contributed by atoms with Crippen molar-refractivity contribution in [3.05, 3.63) is 29.8 Å². The number of likely N-dealkylation sites (tertiary alicyclic amines) is 1. The number of hydrogen-bond donors (Lipinski definition) is 1. The van der Waals surface area contributed by atoms with Crippen LogP contribution in [0.25, 0.3) is 0 Å². The molecule has 2 aliphatic rings. The van der Waals surface area contributed by atoms with Crippen LogP contribution in [0.1, 0.15) is 25.3 Å². The number of aliphatic imine (C=N–C) groups is 1. The molecule has 178 valence electrons. The van der Waals surface area contributed by atoms with Crippen molar-refractivity contribution in [3.63, 3.8) is 0 Å².